The smallest absolute Gasteiger partial charge is 0.254 e. The summed E-state index contributed by atoms with van der Waals surface area (Å²) in [7, 11) is 0. The van der Waals surface area contributed by atoms with Crippen molar-refractivity contribution in [2.24, 2.45) is 5.92 Å². The zero-order chi connectivity index (χ0) is 21.4. The van der Waals surface area contributed by atoms with E-state index < -0.39 is 0 Å². The van der Waals surface area contributed by atoms with E-state index in [0.717, 1.165) is 37.2 Å². The molecule has 1 fully saturated rings. The highest BCUT2D eigenvalue weighted by molar-refractivity contribution is 7.18. The van der Waals surface area contributed by atoms with E-state index in [2.05, 4.69) is 10.3 Å². The van der Waals surface area contributed by atoms with Gasteiger partial charge in [-0.25, -0.2) is 4.98 Å². The number of thiazole rings is 1. The summed E-state index contributed by atoms with van der Waals surface area (Å²) < 4.78 is 1.07. The molecule has 0 radical (unpaired) electrons. The molecular weight excluding hydrogens is 406 g/mol. The Hall–Kier alpha value is -3.25. The molecule has 1 saturated heterocycles. The van der Waals surface area contributed by atoms with Gasteiger partial charge >= 0.3 is 0 Å². The van der Waals surface area contributed by atoms with E-state index in [1.165, 1.54) is 0 Å². The zero-order valence-electron chi connectivity index (χ0n) is 17.3. The number of hydrogen-bond donors (Lipinski definition) is 1. The summed E-state index contributed by atoms with van der Waals surface area (Å²) in [4.78, 5) is 32.3. The number of likely N-dealkylation sites (tertiary alicyclic amines) is 1. The molecule has 1 aliphatic rings. The molecule has 0 atom stereocenters. The number of hydrogen-bond acceptors (Lipinski definition) is 4. The van der Waals surface area contributed by atoms with Crippen LogP contribution in [0, 0.1) is 12.8 Å². The first-order valence-corrected chi connectivity index (χ1v) is 11.4. The summed E-state index contributed by atoms with van der Waals surface area (Å²) in [6.45, 7) is 3.16. The van der Waals surface area contributed by atoms with Crippen LogP contribution in [0.4, 0.5) is 5.69 Å². The third-order valence-corrected chi connectivity index (χ3v) is 6.87. The SMILES string of the molecule is Cc1nc2ccc(NC(=O)C3CCN(C(=O)c4cccc5ccccc45)CC3)cc2s1. The minimum Gasteiger partial charge on any atom is -0.339 e. The molecule has 0 bridgehead atoms. The van der Waals surface area contributed by atoms with Crippen molar-refractivity contribution in [3.63, 3.8) is 0 Å². The predicted molar refractivity (Wildman–Crippen MR) is 126 cm³/mol. The van der Waals surface area contributed by atoms with Crippen molar-refractivity contribution < 1.29 is 9.59 Å². The first-order valence-electron chi connectivity index (χ1n) is 10.5. The van der Waals surface area contributed by atoms with Gasteiger partial charge in [0.25, 0.3) is 5.91 Å². The molecule has 1 aromatic heterocycles. The van der Waals surface area contributed by atoms with Gasteiger partial charge in [0, 0.05) is 30.3 Å². The first-order chi connectivity index (χ1) is 15.1. The van der Waals surface area contributed by atoms with Crippen LogP contribution in [-0.2, 0) is 4.79 Å². The lowest BCUT2D eigenvalue weighted by molar-refractivity contribution is -0.121. The van der Waals surface area contributed by atoms with E-state index in [1.807, 2.05) is 72.5 Å². The number of carbonyl (C=O) groups excluding carboxylic acids is 2. The summed E-state index contributed by atoms with van der Waals surface area (Å²) in [5, 5.41) is 6.11. The minimum absolute atomic E-state index is 0.0258. The van der Waals surface area contributed by atoms with Gasteiger partial charge in [-0.1, -0.05) is 36.4 Å². The summed E-state index contributed by atoms with van der Waals surface area (Å²) in [5.74, 6) is -0.0185. The number of aryl methyl sites for hydroxylation is 1. The van der Waals surface area contributed by atoms with Crippen LogP contribution in [0.1, 0.15) is 28.2 Å². The number of fused-ring (bicyclic) bond motifs is 2. The Morgan fingerprint density at radius 2 is 1.81 bits per heavy atom. The molecule has 5 nitrogen and oxygen atoms in total. The van der Waals surface area contributed by atoms with E-state index in [9.17, 15) is 9.59 Å². The third kappa shape index (κ3) is 3.91. The Morgan fingerprint density at radius 3 is 2.65 bits per heavy atom. The van der Waals surface area contributed by atoms with Crippen LogP contribution in [0.15, 0.2) is 60.7 Å². The highest BCUT2D eigenvalue weighted by Crippen LogP contribution is 2.27. The molecule has 0 aliphatic carbocycles. The van der Waals surface area contributed by atoms with Crippen LogP contribution >= 0.6 is 11.3 Å². The van der Waals surface area contributed by atoms with Crippen LogP contribution < -0.4 is 5.32 Å². The molecule has 0 saturated carbocycles. The molecule has 0 unspecified atom stereocenters. The predicted octanol–water partition coefficient (Wildman–Crippen LogP) is 5.25. The minimum atomic E-state index is -0.0875. The number of carbonyl (C=O) groups is 2. The Labute approximate surface area is 184 Å². The van der Waals surface area contributed by atoms with Crippen molar-refractivity contribution in [3.8, 4) is 0 Å². The number of benzene rings is 3. The molecule has 4 aromatic rings. The molecule has 156 valence electrons. The molecule has 2 amide bonds. The van der Waals surface area contributed by atoms with Crippen LogP contribution in [-0.4, -0.2) is 34.8 Å². The first kappa shape index (κ1) is 19.7. The topological polar surface area (TPSA) is 62.3 Å². The summed E-state index contributed by atoms with van der Waals surface area (Å²) >= 11 is 1.62. The van der Waals surface area contributed by atoms with Gasteiger partial charge in [-0.15, -0.1) is 11.3 Å². The molecule has 1 aliphatic heterocycles. The summed E-state index contributed by atoms with van der Waals surface area (Å²) in [6, 6.07) is 19.6. The molecule has 31 heavy (non-hydrogen) atoms. The second-order valence-corrected chi connectivity index (χ2v) is 9.23. The van der Waals surface area contributed by atoms with Gasteiger partial charge in [-0.3, -0.25) is 9.59 Å². The lowest BCUT2D eigenvalue weighted by atomic mass is 9.94. The van der Waals surface area contributed by atoms with E-state index in [-0.39, 0.29) is 17.7 Å². The average Bonchev–Trinajstić information content (AvgIpc) is 3.17. The fourth-order valence-electron chi connectivity index (χ4n) is 4.29. The number of nitrogens with zero attached hydrogens (tertiary/aromatic N) is 2. The van der Waals surface area contributed by atoms with Crippen LogP contribution in [0.2, 0.25) is 0 Å². The van der Waals surface area contributed by atoms with Gasteiger partial charge in [-0.05, 0) is 54.8 Å². The zero-order valence-corrected chi connectivity index (χ0v) is 18.1. The standard InChI is InChI=1S/C25H23N3O2S/c1-16-26-22-10-9-19(15-23(22)31-16)27-24(29)18-11-13-28(14-12-18)25(30)21-8-4-6-17-5-2-3-7-20(17)21/h2-10,15,18H,11-14H2,1H3,(H,27,29). The van der Waals surface area contributed by atoms with E-state index in [4.69, 9.17) is 0 Å². The molecule has 0 spiro atoms. The molecule has 3 aromatic carbocycles. The van der Waals surface area contributed by atoms with Gasteiger partial charge in [0.15, 0.2) is 0 Å². The molecule has 6 heteroatoms. The van der Waals surface area contributed by atoms with E-state index >= 15 is 0 Å². The Kier molecular flexibility index (Phi) is 5.16. The normalized spacial score (nSPS) is 14.8. The number of piperidine rings is 1. The van der Waals surface area contributed by atoms with Crippen molar-refractivity contribution in [1.29, 1.82) is 0 Å². The Bertz CT molecular complexity index is 1280. The van der Waals surface area contributed by atoms with Crippen molar-refractivity contribution in [1.82, 2.24) is 9.88 Å². The Balaban J connectivity index is 1.24. The number of rotatable bonds is 3. The molecule has 2 heterocycles. The number of nitrogens with one attached hydrogen (secondary N) is 1. The second-order valence-electron chi connectivity index (χ2n) is 8.00. The van der Waals surface area contributed by atoms with Crippen LogP contribution in [0.25, 0.3) is 21.0 Å². The van der Waals surface area contributed by atoms with Crippen molar-refractivity contribution in [2.45, 2.75) is 19.8 Å². The maximum Gasteiger partial charge on any atom is 0.254 e. The maximum atomic E-state index is 13.1. The third-order valence-electron chi connectivity index (χ3n) is 5.94. The van der Waals surface area contributed by atoms with Crippen LogP contribution in [0.5, 0.6) is 0 Å². The fourth-order valence-corrected chi connectivity index (χ4v) is 5.16. The Morgan fingerprint density at radius 1 is 1.03 bits per heavy atom. The summed E-state index contributed by atoms with van der Waals surface area (Å²) in [5.41, 5.74) is 2.49. The molecule has 1 N–H and O–H groups in total. The monoisotopic (exact) mass is 429 g/mol. The molecule has 5 rings (SSSR count). The lowest BCUT2D eigenvalue weighted by Crippen LogP contribution is -2.41. The highest BCUT2D eigenvalue weighted by atomic mass is 32.1. The fraction of sp³-hybridized carbons (Fsp3) is 0.240. The quantitative estimate of drug-likeness (QED) is 0.484. The number of aromatic nitrogens is 1. The lowest BCUT2D eigenvalue weighted by Gasteiger charge is -2.31. The van der Waals surface area contributed by atoms with E-state index in [0.29, 0.717) is 25.9 Å². The van der Waals surface area contributed by atoms with Gasteiger partial charge < -0.3 is 10.2 Å². The highest BCUT2D eigenvalue weighted by Gasteiger charge is 2.28. The van der Waals surface area contributed by atoms with E-state index in [1.54, 1.807) is 11.3 Å². The van der Waals surface area contributed by atoms with Gasteiger partial charge in [0.1, 0.15) is 0 Å². The number of anilines is 1. The maximum absolute atomic E-state index is 13.1. The summed E-state index contributed by atoms with van der Waals surface area (Å²) in [6.07, 6.45) is 1.34. The molecular formula is C25H23N3O2S. The van der Waals surface area contributed by atoms with Crippen molar-refractivity contribution >= 4 is 49.8 Å². The van der Waals surface area contributed by atoms with Crippen LogP contribution in [0.3, 0.4) is 0 Å². The second kappa shape index (κ2) is 8.12. The van der Waals surface area contributed by atoms with Gasteiger partial charge in [0.05, 0.1) is 15.2 Å². The van der Waals surface area contributed by atoms with Crippen molar-refractivity contribution in [3.05, 3.63) is 71.2 Å². The average molecular weight is 430 g/mol. The van der Waals surface area contributed by atoms with Gasteiger partial charge in [0.2, 0.25) is 5.91 Å². The largest absolute Gasteiger partial charge is 0.339 e. The number of amides is 2. The van der Waals surface area contributed by atoms with Gasteiger partial charge in [-0.2, -0.15) is 0 Å². The van der Waals surface area contributed by atoms with Crippen molar-refractivity contribution in [2.75, 3.05) is 18.4 Å².